The number of rotatable bonds is 7. The van der Waals surface area contributed by atoms with E-state index in [4.69, 9.17) is 4.74 Å². The van der Waals surface area contributed by atoms with Crippen molar-refractivity contribution in [3.63, 3.8) is 0 Å². The Bertz CT molecular complexity index is 767. The molecule has 10 heteroatoms. The van der Waals surface area contributed by atoms with Crippen molar-refractivity contribution in [2.24, 2.45) is 4.99 Å². The zero-order valence-corrected chi connectivity index (χ0v) is 21.1. The standard InChI is InChI=1S/C22H33F2N5O2.HI/c1-28(2)21(30)14-26-22(25-13-18-4-3-11-31-18)27-17-7-9-29(10-8-17)15-16-5-6-19(23)20(24)12-16;/h5-6,12,17-18H,3-4,7-11,13-15H2,1-2H3,(H2,25,26,27);1H. The van der Waals surface area contributed by atoms with Crippen molar-refractivity contribution in [2.45, 2.75) is 44.4 Å². The molecule has 180 valence electrons. The highest BCUT2D eigenvalue weighted by Gasteiger charge is 2.22. The fourth-order valence-electron chi connectivity index (χ4n) is 3.78. The molecule has 2 aliphatic rings. The van der Waals surface area contributed by atoms with E-state index >= 15 is 0 Å². The molecule has 0 saturated carbocycles. The number of ether oxygens (including phenoxy) is 1. The molecule has 0 spiro atoms. The number of benzene rings is 1. The highest BCUT2D eigenvalue weighted by Crippen LogP contribution is 2.16. The number of halogens is 3. The van der Waals surface area contributed by atoms with E-state index in [1.54, 1.807) is 20.2 Å². The minimum absolute atomic E-state index is 0. The molecule has 1 aromatic rings. The van der Waals surface area contributed by atoms with E-state index in [2.05, 4.69) is 20.5 Å². The predicted octanol–water partition coefficient (Wildman–Crippen LogP) is 2.35. The van der Waals surface area contributed by atoms with Crippen LogP contribution < -0.4 is 10.6 Å². The van der Waals surface area contributed by atoms with Gasteiger partial charge in [0.1, 0.15) is 6.54 Å². The van der Waals surface area contributed by atoms with Crippen LogP contribution in [0.15, 0.2) is 23.2 Å². The Morgan fingerprint density at radius 1 is 1.22 bits per heavy atom. The molecule has 32 heavy (non-hydrogen) atoms. The summed E-state index contributed by atoms with van der Waals surface area (Å²) < 4.78 is 32.2. The van der Waals surface area contributed by atoms with Gasteiger partial charge in [0.05, 0.1) is 6.10 Å². The fourth-order valence-corrected chi connectivity index (χ4v) is 3.78. The van der Waals surface area contributed by atoms with E-state index < -0.39 is 11.6 Å². The van der Waals surface area contributed by atoms with Gasteiger partial charge in [0.25, 0.3) is 0 Å². The van der Waals surface area contributed by atoms with Crippen LogP contribution in [0.5, 0.6) is 0 Å². The van der Waals surface area contributed by atoms with E-state index in [1.165, 1.54) is 17.0 Å². The lowest BCUT2D eigenvalue weighted by molar-refractivity contribution is -0.127. The molecule has 1 unspecified atom stereocenters. The summed E-state index contributed by atoms with van der Waals surface area (Å²) in [5.74, 6) is -1.05. The van der Waals surface area contributed by atoms with Gasteiger partial charge in [-0.25, -0.2) is 13.8 Å². The summed E-state index contributed by atoms with van der Waals surface area (Å²) in [6.45, 7) is 3.82. The molecule has 2 fully saturated rings. The van der Waals surface area contributed by atoms with Gasteiger partial charge in [-0.2, -0.15) is 0 Å². The van der Waals surface area contributed by atoms with Crippen molar-refractivity contribution >= 4 is 35.8 Å². The highest BCUT2D eigenvalue weighted by molar-refractivity contribution is 14.0. The Morgan fingerprint density at radius 3 is 2.59 bits per heavy atom. The number of carbonyl (C=O) groups is 1. The molecule has 1 aromatic carbocycles. The van der Waals surface area contributed by atoms with Crippen LogP contribution in [-0.4, -0.2) is 80.7 Å². The average molecular weight is 565 g/mol. The molecule has 2 N–H and O–H groups in total. The number of likely N-dealkylation sites (tertiary alicyclic amines) is 1. The third kappa shape index (κ3) is 8.43. The zero-order valence-electron chi connectivity index (χ0n) is 18.8. The minimum atomic E-state index is -0.818. The third-order valence-corrected chi connectivity index (χ3v) is 5.71. The maximum absolute atomic E-state index is 13.4. The van der Waals surface area contributed by atoms with Gasteiger partial charge in [-0.05, 0) is 43.4 Å². The monoisotopic (exact) mass is 565 g/mol. The second-order valence-electron chi connectivity index (χ2n) is 8.41. The fraction of sp³-hybridized carbons (Fsp3) is 0.636. The van der Waals surface area contributed by atoms with Crippen molar-refractivity contribution in [2.75, 3.05) is 46.9 Å². The topological polar surface area (TPSA) is 69.2 Å². The number of nitrogens with one attached hydrogen (secondary N) is 2. The van der Waals surface area contributed by atoms with Gasteiger partial charge in [-0.15, -0.1) is 24.0 Å². The van der Waals surface area contributed by atoms with Crippen LogP contribution in [0.4, 0.5) is 8.78 Å². The third-order valence-electron chi connectivity index (χ3n) is 5.71. The van der Waals surface area contributed by atoms with Crippen LogP contribution in [0.25, 0.3) is 0 Å². The van der Waals surface area contributed by atoms with Crippen LogP contribution in [0.1, 0.15) is 31.2 Å². The summed E-state index contributed by atoms with van der Waals surface area (Å²) in [7, 11) is 3.43. The van der Waals surface area contributed by atoms with E-state index in [-0.39, 0.29) is 48.6 Å². The van der Waals surface area contributed by atoms with Gasteiger partial charge in [-0.1, -0.05) is 6.07 Å². The van der Waals surface area contributed by atoms with E-state index in [0.29, 0.717) is 19.0 Å². The van der Waals surface area contributed by atoms with Crippen LogP contribution >= 0.6 is 24.0 Å². The van der Waals surface area contributed by atoms with Gasteiger partial charge >= 0.3 is 0 Å². The van der Waals surface area contributed by atoms with Gasteiger partial charge < -0.3 is 20.3 Å². The lowest BCUT2D eigenvalue weighted by Crippen LogP contribution is -2.50. The van der Waals surface area contributed by atoms with Crippen molar-refractivity contribution in [3.8, 4) is 0 Å². The first-order valence-corrected chi connectivity index (χ1v) is 10.9. The highest BCUT2D eigenvalue weighted by atomic mass is 127. The smallest absolute Gasteiger partial charge is 0.243 e. The summed E-state index contributed by atoms with van der Waals surface area (Å²) in [6.07, 6.45) is 4.06. The van der Waals surface area contributed by atoms with Crippen LogP contribution in [-0.2, 0) is 16.1 Å². The number of amides is 1. The van der Waals surface area contributed by atoms with Gasteiger partial charge in [0.2, 0.25) is 5.91 Å². The Morgan fingerprint density at radius 2 is 1.97 bits per heavy atom. The van der Waals surface area contributed by atoms with Crippen LogP contribution in [0.2, 0.25) is 0 Å². The molecule has 1 atom stereocenters. The molecule has 0 radical (unpaired) electrons. The Hall–Kier alpha value is -1.53. The van der Waals surface area contributed by atoms with Crippen molar-refractivity contribution in [3.05, 3.63) is 35.4 Å². The summed E-state index contributed by atoms with van der Waals surface area (Å²) in [4.78, 5) is 20.2. The number of guanidine groups is 1. The molecule has 0 aliphatic carbocycles. The van der Waals surface area contributed by atoms with E-state index in [9.17, 15) is 13.6 Å². The molecular formula is C22H34F2IN5O2. The van der Waals surface area contributed by atoms with Crippen molar-refractivity contribution < 1.29 is 18.3 Å². The maximum atomic E-state index is 13.4. The SMILES string of the molecule is CN(C)C(=O)CN=C(NCC1CCCO1)NC1CCN(Cc2ccc(F)c(F)c2)CC1.I. The van der Waals surface area contributed by atoms with E-state index in [0.717, 1.165) is 50.9 Å². The largest absolute Gasteiger partial charge is 0.376 e. The maximum Gasteiger partial charge on any atom is 0.243 e. The quantitative estimate of drug-likeness (QED) is 0.302. The minimum Gasteiger partial charge on any atom is -0.376 e. The number of aliphatic imine (C=N–C) groups is 1. The number of nitrogens with zero attached hydrogens (tertiary/aromatic N) is 3. The van der Waals surface area contributed by atoms with Gasteiger partial charge in [0.15, 0.2) is 17.6 Å². The Kier molecular flexibility index (Phi) is 11.1. The summed E-state index contributed by atoms with van der Waals surface area (Å²) >= 11 is 0. The van der Waals surface area contributed by atoms with Crippen molar-refractivity contribution in [1.29, 1.82) is 0 Å². The molecule has 2 aliphatic heterocycles. The summed E-state index contributed by atoms with van der Waals surface area (Å²) in [5.41, 5.74) is 0.771. The molecule has 0 aromatic heterocycles. The number of hydrogen-bond donors (Lipinski definition) is 2. The molecule has 2 heterocycles. The second-order valence-corrected chi connectivity index (χ2v) is 8.41. The number of carbonyl (C=O) groups excluding carboxylic acids is 1. The van der Waals surface area contributed by atoms with Crippen molar-refractivity contribution in [1.82, 2.24) is 20.4 Å². The first-order chi connectivity index (χ1) is 14.9. The average Bonchev–Trinajstić information content (AvgIpc) is 3.27. The predicted molar refractivity (Wildman–Crippen MR) is 131 cm³/mol. The van der Waals surface area contributed by atoms with Gasteiger partial charge in [-0.3, -0.25) is 9.69 Å². The molecule has 3 rings (SSSR count). The summed E-state index contributed by atoms with van der Waals surface area (Å²) in [6, 6.07) is 4.30. The first kappa shape index (κ1) is 26.7. The van der Waals surface area contributed by atoms with Crippen LogP contribution in [0.3, 0.4) is 0 Å². The number of piperidine rings is 1. The Labute approximate surface area is 206 Å². The van der Waals surface area contributed by atoms with E-state index in [1.807, 2.05) is 0 Å². The molecule has 1 amide bonds. The number of hydrogen-bond acceptors (Lipinski definition) is 4. The van der Waals surface area contributed by atoms with Crippen LogP contribution in [0, 0.1) is 11.6 Å². The second kappa shape index (κ2) is 13.2. The number of likely N-dealkylation sites (N-methyl/N-ethyl adjacent to an activating group) is 1. The lowest BCUT2D eigenvalue weighted by Gasteiger charge is -2.33. The Balaban J connectivity index is 0.00000363. The normalized spacial score (nSPS) is 20.0. The molecule has 0 bridgehead atoms. The molecule has 7 nitrogen and oxygen atoms in total. The summed E-state index contributed by atoms with van der Waals surface area (Å²) in [5, 5.41) is 6.77. The van der Waals surface area contributed by atoms with Gasteiger partial charge in [0, 0.05) is 52.9 Å². The molecule has 2 saturated heterocycles. The zero-order chi connectivity index (χ0) is 22.2. The lowest BCUT2D eigenvalue weighted by atomic mass is 10.0. The molecular weight excluding hydrogens is 531 g/mol. The first-order valence-electron chi connectivity index (χ1n) is 10.9.